The maximum Gasteiger partial charge on any atom is 0.308 e. The van der Waals surface area contributed by atoms with Gasteiger partial charge in [-0.05, 0) is 37.5 Å². The van der Waals surface area contributed by atoms with Gasteiger partial charge in [-0.2, -0.15) is 0 Å². The summed E-state index contributed by atoms with van der Waals surface area (Å²) in [6, 6.07) is 3.16. The van der Waals surface area contributed by atoms with Crippen molar-refractivity contribution in [1.29, 1.82) is 0 Å². The summed E-state index contributed by atoms with van der Waals surface area (Å²) in [6.45, 7) is 8.36. The molecule has 2 heterocycles. The zero-order chi connectivity index (χ0) is 27.8. The van der Waals surface area contributed by atoms with E-state index in [1.807, 2.05) is 17.9 Å². The van der Waals surface area contributed by atoms with Crippen molar-refractivity contribution in [2.75, 3.05) is 59.7 Å². The van der Waals surface area contributed by atoms with Gasteiger partial charge in [-0.15, -0.1) is 0 Å². The minimum atomic E-state index is -0.942. The Morgan fingerprint density at radius 1 is 1.16 bits per heavy atom. The number of likely N-dealkylation sites (tertiary alicyclic amines) is 1. The number of aliphatic carboxylic acids is 1. The molecule has 0 bridgehead atoms. The fraction of sp³-hybridized carbons (Fsp3) is 0.667. The number of hydrogen-bond acceptors (Lipinski definition) is 8. The lowest BCUT2D eigenvalue weighted by Crippen LogP contribution is -2.46. The Bertz CT molecular complexity index is 988. The molecule has 0 radical (unpaired) electrons. The van der Waals surface area contributed by atoms with Crippen LogP contribution in [0.3, 0.4) is 0 Å². The number of carbonyl (C=O) groups excluding carboxylic acids is 2. The zero-order valence-electron chi connectivity index (χ0n) is 23.0. The van der Waals surface area contributed by atoms with E-state index in [2.05, 4.69) is 6.92 Å². The van der Waals surface area contributed by atoms with Crippen LogP contribution in [-0.4, -0.2) is 103 Å². The maximum absolute atomic E-state index is 13.4. The Balaban J connectivity index is 1.94. The van der Waals surface area contributed by atoms with E-state index < -0.39 is 23.8 Å². The van der Waals surface area contributed by atoms with E-state index in [0.717, 1.165) is 18.4 Å². The van der Waals surface area contributed by atoms with Crippen molar-refractivity contribution in [3.8, 4) is 17.2 Å². The molecule has 1 aromatic carbocycles. The molecule has 0 aliphatic carbocycles. The number of fused-ring (bicyclic) bond motifs is 1. The van der Waals surface area contributed by atoms with Gasteiger partial charge in [-0.3, -0.25) is 19.3 Å². The summed E-state index contributed by atoms with van der Waals surface area (Å²) < 4.78 is 16.6. The van der Waals surface area contributed by atoms with Crippen molar-refractivity contribution in [1.82, 2.24) is 14.7 Å². The molecule has 1 saturated heterocycles. The third kappa shape index (κ3) is 6.68. The van der Waals surface area contributed by atoms with Gasteiger partial charge in [0.1, 0.15) is 0 Å². The molecular weight excluding hydrogens is 492 g/mol. The Hall–Kier alpha value is -3.05. The van der Waals surface area contributed by atoms with Crippen molar-refractivity contribution < 1.29 is 33.7 Å². The van der Waals surface area contributed by atoms with Crippen LogP contribution in [-0.2, 0) is 14.4 Å². The third-order valence-electron chi connectivity index (χ3n) is 7.54. The number of nitrogens with two attached hydrogens (primary N) is 1. The van der Waals surface area contributed by atoms with Crippen molar-refractivity contribution in [2.45, 2.75) is 52.0 Å². The van der Waals surface area contributed by atoms with Crippen LogP contribution in [0.1, 0.15) is 51.5 Å². The third-order valence-corrected chi connectivity index (χ3v) is 7.54. The number of rotatable bonds is 14. The van der Waals surface area contributed by atoms with Crippen LogP contribution in [0.5, 0.6) is 17.2 Å². The molecule has 3 rings (SSSR count). The van der Waals surface area contributed by atoms with Crippen LogP contribution in [0.2, 0.25) is 0 Å². The van der Waals surface area contributed by atoms with Gasteiger partial charge < -0.3 is 34.9 Å². The second-order valence-electron chi connectivity index (χ2n) is 9.83. The predicted molar refractivity (Wildman–Crippen MR) is 141 cm³/mol. The summed E-state index contributed by atoms with van der Waals surface area (Å²) in [5, 5.41) is 10.4. The molecule has 3 N–H and O–H groups in total. The number of carbonyl (C=O) groups is 3. The average molecular weight is 535 g/mol. The highest BCUT2D eigenvalue weighted by Crippen LogP contribution is 2.47. The van der Waals surface area contributed by atoms with Crippen molar-refractivity contribution in [3.63, 3.8) is 0 Å². The molecule has 38 heavy (non-hydrogen) atoms. The molecule has 3 unspecified atom stereocenters. The topological polar surface area (TPSA) is 135 Å². The van der Waals surface area contributed by atoms with Gasteiger partial charge in [0.2, 0.25) is 24.4 Å². The highest BCUT2D eigenvalue weighted by atomic mass is 16.7. The molecule has 0 saturated carbocycles. The lowest BCUT2D eigenvalue weighted by molar-refractivity contribution is -0.144. The monoisotopic (exact) mass is 534 g/mol. The van der Waals surface area contributed by atoms with Gasteiger partial charge in [-0.1, -0.05) is 13.3 Å². The molecule has 2 aliphatic heterocycles. The molecule has 1 aromatic rings. The number of ether oxygens (including phenoxy) is 3. The summed E-state index contributed by atoms with van der Waals surface area (Å²) in [6.07, 6.45) is 2.26. The molecule has 2 amide bonds. The van der Waals surface area contributed by atoms with Crippen molar-refractivity contribution >= 4 is 17.8 Å². The van der Waals surface area contributed by atoms with Gasteiger partial charge >= 0.3 is 5.97 Å². The molecule has 3 atom stereocenters. The fourth-order valence-electron chi connectivity index (χ4n) is 5.52. The first-order valence-corrected chi connectivity index (χ1v) is 13.4. The molecule has 0 aromatic heterocycles. The molecule has 11 heteroatoms. The SMILES string of the molecule is CCCCN(CCN)C(=O)CN1CC(c2cc(OC)c3c(c2)OCO3)C(C(=O)O)C1CCN(CC)C(C)=O. The van der Waals surface area contributed by atoms with E-state index in [4.69, 9.17) is 19.9 Å². The van der Waals surface area contributed by atoms with Crippen LogP contribution in [0, 0.1) is 5.92 Å². The number of unbranched alkanes of at least 4 members (excludes halogenated alkanes) is 1. The van der Waals surface area contributed by atoms with Gasteiger partial charge in [0.15, 0.2) is 11.5 Å². The fourth-order valence-corrected chi connectivity index (χ4v) is 5.52. The van der Waals surface area contributed by atoms with E-state index in [-0.39, 0.29) is 25.2 Å². The normalized spacial score (nSPS) is 20.4. The van der Waals surface area contributed by atoms with Crippen LogP contribution in [0.25, 0.3) is 0 Å². The molecule has 11 nitrogen and oxygen atoms in total. The van der Waals surface area contributed by atoms with E-state index in [9.17, 15) is 19.5 Å². The number of methoxy groups -OCH3 is 1. The molecular formula is C27H42N4O7. The Kier molecular flexibility index (Phi) is 10.6. The van der Waals surface area contributed by atoms with Crippen LogP contribution in [0.4, 0.5) is 0 Å². The minimum absolute atomic E-state index is 0.0641. The number of carboxylic acids is 1. The molecule has 2 aliphatic rings. The van der Waals surface area contributed by atoms with Gasteiger partial charge in [0.25, 0.3) is 0 Å². The van der Waals surface area contributed by atoms with E-state index in [1.165, 1.54) is 14.0 Å². The lowest BCUT2D eigenvalue weighted by Gasteiger charge is -2.31. The van der Waals surface area contributed by atoms with E-state index in [1.54, 1.807) is 15.9 Å². The quantitative estimate of drug-likeness (QED) is 0.366. The smallest absolute Gasteiger partial charge is 0.308 e. The largest absolute Gasteiger partial charge is 0.493 e. The summed E-state index contributed by atoms with van der Waals surface area (Å²) in [7, 11) is 1.53. The first-order valence-electron chi connectivity index (χ1n) is 13.4. The second-order valence-corrected chi connectivity index (χ2v) is 9.83. The first-order chi connectivity index (χ1) is 18.2. The van der Waals surface area contributed by atoms with Gasteiger partial charge in [-0.25, -0.2) is 0 Å². The number of carboxylic acid groups (broad SMARTS) is 1. The molecule has 0 spiro atoms. The number of amides is 2. The summed E-state index contributed by atoms with van der Waals surface area (Å²) in [5.41, 5.74) is 6.53. The predicted octanol–water partition coefficient (Wildman–Crippen LogP) is 1.74. The number of benzene rings is 1. The highest BCUT2D eigenvalue weighted by Gasteiger charge is 2.47. The Morgan fingerprint density at radius 3 is 2.53 bits per heavy atom. The van der Waals surface area contributed by atoms with Gasteiger partial charge in [0, 0.05) is 58.2 Å². The second kappa shape index (κ2) is 13.7. The average Bonchev–Trinajstić information content (AvgIpc) is 3.51. The Labute approximate surface area is 224 Å². The summed E-state index contributed by atoms with van der Waals surface area (Å²) >= 11 is 0. The van der Waals surface area contributed by atoms with E-state index >= 15 is 0 Å². The zero-order valence-corrected chi connectivity index (χ0v) is 23.0. The number of hydrogen-bond donors (Lipinski definition) is 2. The first kappa shape index (κ1) is 29.5. The Morgan fingerprint density at radius 2 is 1.92 bits per heavy atom. The summed E-state index contributed by atoms with van der Waals surface area (Å²) in [5.74, 6) is -0.798. The van der Waals surface area contributed by atoms with Crippen LogP contribution >= 0.6 is 0 Å². The van der Waals surface area contributed by atoms with Crippen LogP contribution in [0.15, 0.2) is 12.1 Å². The van der Waals surface area contributed by atoms with Crippen molar-refractivity contribution in [3.05, 3.63) is 17.7 Å². The lowest BCUT2D eigenvalue weighted by atomic mass is 9.84. The molecule has 212 valence electrons. The van der Waals surface area contributed by atoms with Crippen LogP contribution < -0.4 is 19.9 Å². The van der Waals surface area contributed by atoms with E-state index in [0.29, 0.717) is 62.9 Å². The number of nitrogens with zero attached hydrogens (tertiary/aromatic N) is 3. The minimum Gasteiger partial charge on any atom is -0.493 e. The molecule has 1 fully saturated rings. The highest BCUT2D eigenvalue weighted by molar-refractivity contribution is 5.79. The van der Waals surface area contributed by atoms with Crippen molar-refractivity contribution in [2.24, 2.45) is 11.7 Å². The maximum atomic E-state index is 13.4. The van der Waals surface area contributed by atoms with Gasteiger partial charge in [0.05, 0.1) is 19.6 Å². The standard InChI is InChI=1S/C27H42N4O7/c1-5-7-10-30(12-9-28)24(33)16-31-15-20(19-13-22(36-4)26-23(14-19)37-17-38-26)25(27(34)35)21(31)8-11-29(6-2)18(3)32/h13-14,20-21,25H,5-12,15-17,28H2,1-4H3,(H,34,35). The summed E-state index contributed by atoms with van der Waals surface area (Å²) in [4.78, 5) is 43.6.